The predicted octanol–water partition coefficient (Wildman–Crippen LogP) is 0.500. The van der Waals surface area contributed by atoms with E-state index in [1.165, 1.54) is 0 Å². The van der Waals surface area contributed by atoms with Gasteiger partial charge in [-0.2, -0.15) is 0 Å². The Kier molecular flexibility index (Phi) is 4.26. The van der Waals surface area contributed by atoms with Crippen LogP contribution < -0.4 is 0 Å². The van der Waals surface area contributed by atoms with Crippen molar-refractivity contribution in [2.75, 3.05) is 32.8 Å². The monoisotopic (exact) mass is 332 g/mol. The van der Waals surface area contributed by atoms with Gasteiger partial charge in [-0.3, -0.25) is 9.59 Å². The minimum absolute atomic E-state index is 0.0272. The average molecular weight is 332 g/mol. The molecule has 7 heteroatoms. The van der Waals surface area contributed by atoms with Gasteiger partial charge < -0.3 is 19.1 Å². The molecule has 0 spiro atoms. The van der Waals surface area contributed by atoms with Crippen molar-refractivity contribution in [3.05, 3.63) is 18.2 Å². The van der Waals surface area contributed by atoms with E-state index in [4.69, 9.17) is 4.74 Å². The van der Waals surface area contributed by atoms with Gasteiger partial charge in [0.1, 0.15) is 5.82 Å². The minimum atomic E-state index is -0.0272. The Morgan fingerprint density at radius 1 is 1.38 bits per heavy atom. The highest BCUT2D eigenvalue weighted by Gasteiger charge is 2.33. The van der Waals surface area contributed by atoms with Crippen LogP contribution in [0.25, 0.3) is 0 Å². The summed E-state index contributed by atoms with van der Waals surface area (Å²) in [4.78, 5) is 33.1. The molecule has 2 fully saturated rings. The molecule has 2 atom stereocenters. The van der Waals surface area contributed by atoms with Crippen molar-refractivity contribution >= 4 is 11.8 Å². The van der Waals surface area contributed by atoms with Crippen LogP contribution in [0.4, 0.5) is 0 Å². The SMILES string of the molecule is O=C1CCCN1C[C@@H]1CN(C(=O)[C@H]2CCOC2)Cc2nccn2C1. The van der Waals surface area contributed by atoms with Gasteiger partial charge in [-0.15, -0.1) is 0 Å². The summed E-state index contributed by atoms with van der Waals surface area (Å²) in [6.45, 7) is 4.81. The second-order valence-electron chi connectivity index (χ2n) is 7.08. The minimum Gasteiger partial charge on any atom is -0.381 e. The highest BCUT2D eigenvalue weighted by molar-refractivity contribution is 5.79. The normalized spacial score (nSPS) is 27.4. The lowest BCUT2D eigenvalue weighted by atomic mass is 10.0. The molecule has 1 aromatic heterocycles. The lowest BCUT2D eigenvalue weighted by Gasteiger charge is -2.28. The summed E-state index contributed by atoms with van der Waals surface area (Å²) < 4.78 is 7.51. The van der Waals surface area contributed by atoms with Crippen LogP contribution in [0.15, 0.2) is 12.4 Å². The van der Waals surface area contributed by atoms with Gasteiger partial charge in [0.15, 0.2) is 0 Å². The average Bonchev–Trinajstić information content (AvgIpc) is 3.29. The van der Waals surface area contributed by atoms with Crippen LogP contribution in [0.5, 0.6) is 0 Å². The van der Waals surface area contributed by atoms with E-state index in [-0.39, 0.29) is 23.7 Å². The molecule has 0 N–H and O–H groups in total. The Hall–Kier alpha value is -1.89. The number of nitrogens with zero attached hydrogens (tertiary/aromatic N) is 4. The van der Waals surface area contributed by atoms with E-state index in [1.54, 1.807) is 6.20 Å². The van der Waals surface area contributed by atoms with E-state index in [9.17, 15) is 9.59 Å². The van der Waals surface area contributed by atoms with Gasteiger partial charge in [0.2, 0.25) is 11.8 Å². The summed E-state index contributed by atoms with van der Waals surface area (Å²) in [6.07, 6.45) is 6.18. The number of ether oxygens (including phenoxy) is 1. The lowest BCUT2D eigenvalue weighted by Crippen LogP contribution is -2.41. The number of hydrogen-bond donors (Lipinski definition) is 0. The van der Waals surface area contributed by atoms with Crippen molar-refractivity contribution in [1.29, 1.82) is 0 Å². The summed E-state index contributed by atoms with van der Waals surface area (Å²) >= 11 is 0. The Labute approximate surface area is 141 Å². The maximum Gasteiger partial charge on any atom is 0.228 e. The number of aromatic nitrogens is 2. The van der Waals surface area contributed by atoms with E-state index in [2.05, 4.69) is 9.55 Å². The second-order valence-corrected chi connectivity index (χ2v) is 7.08. The third-order valence-corrected chi connectivity index (χ3v) is 5.31. The molecule has 0 bridgehead atoms. The van der Waals surface area contributed by atoms with E-state index in [1.807, 2.05) is 16.0 Å². The number of hydrogen-bond acceptors (Lipinski definition) is 4. The van der Waals surface area contributed by atoms with Crippen LogP contribution in [0.3, 0.4) is 0 Å². The van der Waals surface area contributed by atoms with Gasteiger partial charge in [0.25, 0.3) is 0 Å². The fourth-order valence-corrected chi connectivity index (χ4v) is 4.02. The Morgan fingerprint density at radius 2 is 2.29 bits per heavy atom. The number of carbonyl (C=O) groups excluding carboxylic acids is 2. The number of carbonyl (C=O) groups is 2. The molecular formula is C17H24N4O3. The molecule has 3 aliphatic rings. The number of likely N-dealkylation sites (tertiary alicyclic amines) is 1. The number of amides is 2. The molecule has 2 saturated heterocycles. The van der Waals surface area contributed by atoms with E-state index < -0.39 is 0 Å². The number of rotatable bonds is 3. The van der Waals surface area contributed by atoms with E-state index in [0.29, 0.717) is 32.7 Å². The highest BCUT2D eigenvalue weighted by atomic mass is 16.5. The van der Waals surface area contributed by atoms with Gasteiger partial charge in [0.05, 0.1) is 19.1 Å². The molecule has 0 unspecified atom stereocenters. The van der Waals surface area contributed by atoms with Gasteiger partial charge in [-0.25, -0.2) is 4.98 Å². The van der Waals surface area contributed by atoms with Gasteiger partial charge in [-0.1, -0.05) is 0 Å². The largest absolute Gasteiger partial charge is 0.381 e. The van der Waals surface area contributed by atoms with Crippen molar-refractivity contribution < 1.29 is 14.3 Å². The zero-order chi connectivity index (χ0) is 16.5. The molecule has 7 nitrogen and oxygen atoms in total. The van der Waals surface area contributed by atoms with Crippen molar-refractivity contribution in [2.24, 2.45) is 11.8 Å². The molecule has 0 aromatic carbocycles. The lowest BCUT2D eigenvalue weighted by molar-refractivity contribution is -0.136. The molecule has 2 amide bonds. The number of imidazole rings is 1. The molecule has 0 saturated carbocycles. The molecule has 3 aliphatic heterocycles. The highest BCUT2D eigenvalue weighted by Crippen LogP contribution is 2.23. The number of fused-ring (bicyclic) bond motifs is 1. The van der Waals surface area contributed by atoms with Crippen LogP contribution in [-0.2, 0) is 27.4 Å². The third-order valence-electron chi connectivity index (χ3n) is 5.31. The Morgan fingerprint density at radius 3 is 3.04 bits per heavy atom. The predicted molar refractivity (Wildman–Crippen MR) is 85.9 cm³/mol. The van der Waals surface area contributed by atoms with Crippen LogP contribution in [0, 0.1) is 11.8 Å². The van der Waals surface area contributed by atoms with Crippen molar-refractivity contribution in [3.8, 4) is 0 Å². The molecule has 0 aliphatic carbocycles. The first-order chi connectivity index (χ1) is 11.7. The van der Waals surface area contributed by atoms with Crippen LogP contribution in [0.1, 0.15) is 25.1 Å². The zero-order valence-corrected chi connectivity index (χ0v) is 13.9. The first-order valence-corrected chi connectivity index (χ1v) is 8.85. The summed E-state index contributed by atoms with van der Waals surface area (Å²) in [5.41, 5.74) is 0. The maximum absolute atomic E-state index is 12.9. The molecule has 130 valence electrons. The summed E-state index contributed by atoms with van der Waals surface area (Å²) in [7, 11) is 0. The summed E-state index contributed by atoms with van der Waals surface area (Å²) in [5, 5.41) is 0. The first kappa shape index (κ1) is 15.6. The van der Waals surface area contributed by atoms with Crippen molar-refractivity contribution in [1.82, 2.24) is 19.4 Å². The summed E-state index contributed by atoms with van der Waals surface area (Å²) in [5.74, 6) is 1.56. The van der Waals surface area contributed by atoms with Gasteiger partial charge in [-0.05, 0) is 12.8 Å². The Bertz CT molecular complexity index is 623. The Balaban J connectivity index is 1.51. The van der Waals surface area contributed by atoms with Crippen molar-refractivity contribution in [2.45, 2.75) is 32.4 Å². The maximum atomic E-state index is 12.9. The van der Waals surface area contributed by atoms with Gasteiger partial charge >= 0.3 is 0 Å². The van der Waals surface area contributed by atoms with Crippen LogP contribution in [0.2, 0.25) is 0 Å². The molecular weight excluding hydrogens is 308 g/mol. The zero-order valence-electron chi connectivity index (χ0n) is 13.9. The van der Waals surface area contributed by atoms with Crippen LogP contribution >= 0.6 is 0 Å². The quantitative estimate of drug-likeness (QED) is 0.808. The molecule has 1 aromatic rings. The second kappa shape index (κ2) is 6.55. The fourth-order valence-electron chi connectivity index (χ4n) is 4.02. The van der Waals surface area contributed by atoms with Crippen molar-refractivity contribution in [3.63, 3.8) is 0 Å². The molecule has 0 radical (unpaired) electrons. The van der Waals surface area contributed by atoms with E-state index in [0.717, 1.165) is 38.3 Å². The topological polar surface area (TPSA) is 67.7 Å². The molecule has 24 heavy (non-hydrogen) atoms. The van der Waals surface area contributed by atoms with E-state index >= 15 is 0 Å². The standard InChI is InChI=1S/C17H24N4O3/c22-16-2-1-5-20(16)9-13-8-19-6-4-18-15(19)11-21(10-13)17(23)14-3-7-24-12-14/h4,6,13-14H,1-3,5,7-12H2/t13-,14+/m1/s1. The van der Waals surface area contributed by atoms with Crippen LogP contribution in [-0.4, -0.2) is 64.0 Å². The fraction of sp³-hybridized carbons (Fsp3) is 0.706. The van der Waals surface area contributed by atoms with Gasteiger partial charge in [0, 0.05) is 57.5 Å². The summed E-state index contributed by atoms with van der Waals surface area (Å²) in [6, 6.07) is 0. The molecule has 4 rings (SSSR count). The smallest absolute Gasteiger partial charge is 0.228 e. The first-order valence-electron chi connectivity index (χ1n) is 8.85. The molecule has 4 heterocycles. The third kappa shape index (κ3) is 3.05.